The maximum atomic E-state index is 12.9. The molecular weight excluding hydrogens is 510 g/mol. The van der Waals surface area contributed by atoms with Gasteiger partial charge in [0.15, 0.2) is 23.0 Å². The summed E-state index contributed by atoms with van der Waals surface area (Å²) in [6, 6.07) is 3.06. The molecule has 12 nitrogen and oxygen atoms in total. The van der Waals surface area contributed by atoms with Gasteiger partial charge in [-0.05, 0) is 19.1 Å². The third-order valence-corrected chi connectivity index (χ3v) is 5.80. The van der Waals surface area contributed by atoms with Crippen molar-refractivity contribution in [3.8, 4) is 45.6 Å². The lowest BCUT2D eigenvalue weighted by molar-refractivity contribution is -0.145. The summed E-state index contributed by atoms with van der Waals surface area (Å²) in [6.07, 6.45) is 0. The first-order chi connectivity index (χ1) is 17.8. The number of fused-ring (bicyclic) bond motifs is 2. The van der Waals surface area contributed by atoms with Gasteiger partial charge in [-0.1, -0.05) is 0 Å². The van der Waals surface area contributed by atoms with Crippen molar-refractivity contribution >= 4 is 30.5 Å². The number of nitrogens with one attached hydrogen (secondary N) is 1. The highest BCUT2D eigenvalue weighted by atomic mass is 32.1. The maximum Gasteiger partial charge on any atom is 0.338 e. The van der Waals surface area contributed by atoms with Crippen LogP contribution in [0.4, 0.5) is 0 Å². The van der Waals surface area contributed by atoms with Crippen LogP contribution in [0.15, 0.2) is 12.1 Å². The summed E-state index contributed by atoms with van der Waals surface area (Å²) in [6.45, 7) is 0.720. The zero-order chi connectivity index (χ0) is 26.7. The van der Waals surface area contributed by atoms with E-state index in [4.69, 9.17) is 37.9 Å². The van der Waals surface area contributed by atoms with Crippen molar-refractivity contribution in [1.82, 2.24) is 5.32 Å². The van der Waals surface area contributed by atoms with Crippen LogP contribution >= 0.6 is 12.6 Å². The van der Waals surface area contributed by atoms with Crippen molar-refractivity contribution in [3.63, 3.8) is 0 Å². The molecule has 1 amide bonds. The minimum absolute atomic E-state index is 0.0917. The normalized spacial score (nSPS) is 13.5. The SMILES string of the molecule is COC(=O)c1cc(OC)c2c(c1-c1c(COC(=O)CNC(=O)C(C)S)cc(OC)c3c1OCO3)OCO2. The fraction of sp³-hybridized carbons (Fsp3) is 0.375. The number of thiol groups is 1. The fourth-order valence-corrected chi connectivity index (χ4v) is 3.95. The number of benzene rings is 2. The first-order valence-electron chi connectivity index (χ1n) is 11.0. The lowest BCUT2D eigenvalue weighted by Gasteiger charge is -2.19. The van der Waals surface area contributed by atoms with Gasteiger partial charge in [0, 0.05) is 16.7 Å². The van der Waals surface area contributed by atoms with Gasteiger partial charge in [0.2, 0.25) is 31.0 Å². The van der Waals surface area contributed by atoms with E-state index in [0.717, 1.165) is 0 Å². The predicted octanol–water partition coefficient (Wildman–Crippen LogP) is 2.09. The van der Waals surface area contributed by atoms with E-state index in [2.05, 4.69) is 17.9 Å². The van der Waals surface area contributed by atoms with Crippen LogP contribution in [0.3, 0.4) is 0 Å². The molecule has 0 bridgehead atoms. The topological polar surface area (TPSA) is 137 Å². The molecular formula is C24H25NO11S. The Balaban J connectivity index is 1.83. The van der Waals surface area contributed by atoms with E-state index in [1.165, 1.54) is 27.4 Å². The van der Waals surface area contributed by atoms with Gasteiger partial charge < -0.3 is 43.2 Å². The average molecular weight is 536 g/mol. The van der Waals surface area contributed by atoms with Crippen molar-refractivity contribution in [2.24, 2.45) is 0 Å². The molecule has 2 aromatic carbocycles. The Bertz CT molecular complexity index is 1240. The summed E-state index contributed by atoms with van der Waals surface area (Å²) in [5.74, 6) is -0.177. The molecule has 0 fully saturated rings. The first kappa shape index (κ1) is 26.1. The molecule has 198 valence electrons. The van der Waals surface area contributed by atoms with E-state index in [0.29, 0.717) is 22.6 Å². The molecule has 0 aromatic heterocycles. The Morgan fingerprint density at radius 1 is 0.919 bits per heavy atom. The zero-order valence-electron chi connectivity index (χ0n) is 20.5. The Hall–Kier alpha value is -4.00. The van der Waals surface area contributed by atoms with Crippen LogP contribution in [0.5, 0.6) is 34.5 Å². The number of hydrogen-bond acceptors (Lipinski definition) is 12. The van der Waals surface area contributed by atoms with Gasteiger partial charge in [-0.2, -0.15) is 12.6 Å². The second-order valence-corrected chi connectivity index (χ2v) is 8.56. The number of amides is 1. The molecule has 2 aliphatic heterocycles. The second-order valence-electron chi connectivity index (χ2n) is 7.79. The molecule has 37 heavy (non-hydrogen) atoms. The molecule has 2 heterocycles. The number of carbonyl (C=O) groups is 3. The molecule has 1 unspecified atom stereocenters. The van der Waals surface area contributed by atoms with Crippen LogP contribution in [-0.4, -0.2) is 64.6 Å². The molecule has 13 heteroatoms. The second kappa shape index (κ2) is 10.9. The van der Waals surface area contributed by atoms with Crippen LogP contribution in [0.25, 0.3) is 11.1 Å². The smallest absolute Gasteiger partial charge is 0.338 e. The molecule has 0 saturated heterocycles. The van der Waals surface area contributed by atoms with Crippen molar-refractivity contribution in [2.45, 2.75) is 18.8 Å². The number of carbonyl (C=O) groups excluding carboxylic acids is 3. The largest absolute Gasteiger partial charge is 0.493 e. The van der Waals surface area contributed by atoms with E-state index in [-0.39, 0.29) is 60.9 Å². The van der Waals surface area contributed by atoms with Gasteiger partial charge in [-0.3, -0.25) is 9.59 Å². The van der Waals surface area contributed by atoms with Crippen LogP contribution < -0.4 is 33.7 Å². The summed E-state index contributed by atoms with van der Waals surface area (Å²) in [4.78, 5) is 37.0. The molecule has 1 N–H and O–H groups in total. The van der Waals surface area contributed by atoms with E-state index in [1.54, 1.807) is 13.0 Å². The predicted molar refractivity (Wildman–Crippen MR) is 130 cm³/mol. The molecule has 0 radical (unpaired) electrons. The zero-order valence-corrected chi connectivity index (χ0v) is 21.4. The third kappa shape index (κ3) is 4.99. The van der Waals surface area contributed by atoms with Crippen molar-refractivity contribution in [2.75, 3.05) is 41.5 Å². The summed E-state index contributed by atoms with van der Waals surface area (Å²) in [5, 5.41) is 1.85. The highest BCUT2D eigenvalue weighted by Crippen LogP contribution is 2.56. The Labute approximate surface area is 217 Å². The molecule has 1 atom stereocenters. The minimum atomic E-state index is -0.697. The Morgan fingerprint density at radius 3 is 2.05 bits per heavy atom. The van der Waals surface area contributed by atoms with E-state index in [1.807, 2.05) is 0 Å². The lowest BCUT2D eigenvalue weighted by Crippen LogP contribution is -2.34. The molecule has 2 aliphatic rings. The van der Waals surface area contributed by atoms with Crippen molar-refractivity contribution < 1.29 is 52.3 Å². The van der Waals surface area contributed by atoms with E-state index >= 15 is 0 Å². The van der Waals surface area contributed by atoms with Crippen molar-refractivity contribution in [3.05, 3.63) is 23.3 Å². The molecule has 0 spiro atoms. The number of ether oxygens (including phenoxy) is 8. The summed E-state index contributed by atoms with van der Waals surface area (Å²) >= 11 is 4.03. The lowest BCUT2D eigenvalue weighted by atomic mass is 9.92. The van der Waals surface area contributed by atoms with Crippen LogP contribution in [0, 0.1) is 0 Å². The molecule has 4 rings (SSSR count). The Kier molecular flexibility index (Phi) is 7.71. The van der Waals surface area contributed by atoms with Gasteiger partial charge in [-0.15, -0.1) is 0 Å². The third-order valence-electron chi connectivity index (χ3n) is 5.57. The highest BCUT2D eigenvalue weighted by molar-refractivity contribution is 7.81. The summed E-state index contributed by atoms with van der Waals surface area (Å²) in [7, 11) is 4.12. The standard InChI is InChI=1S/C24H25NO11S/c1-11(37)23(27)25-7-16(26)32-8-12-5-14(29-2)19-21(35-9-33-19)17(12)18-13(24(28)31-4)6-15(30-3)20-22(18)36-10-34-20/h5-6,11,37H,7-10H2,1-4H3,(H,25,27). The number of hydrogen-bond donors (Lipinski definition) is 2. The monoisotopic (exact) mass is 535 g/mol. The van der Waals surface area contributed by atoms with Crippen LogP contribution in [-0.2, 0) is 25.7 Å². The fourth-order valence-electron chi connectivity index (χ4n) is 3.85. The number of rotatable bonds is 9. The summed E-state index contributed by atoms with van der Waals surface area (Å²) in [5.41, 5.74) is 1.11. The minimum Gasteiger partial charge on any atom is -0.493 e. The van der Waals surface area contributed by atoms with Crippen LogP contribution in [0.1, 0.15) is 22.8 Å². The van der Waals surface area contributed by atoms with Gasteiger partial charge >= 0.3 is 11.9 Å². The van der Waals surface area contributed by atoms with Crippen LogP contribution in [0.2, 0.25) is 0 Å². The van der Waals surface area contributed by atoms with Gasteiger partial charge in [-0.25, -0.2) is 4.79 Å². The average Bonchev–Trinajstić information content (AvgIpc) is 3.59. The van der Waals surface area contributed by atoms with Gasteiger partial charge in [0.05, 0.1) is 32.1 Å². The molecule has 2 aromatic rings. The van der Waals surface area contributed by atoms with E-state index < -0.39 is 23.1 Å². The quantitative estimate of drug-likeness (QED) is 0.361. The molecule has 0 aliphatic carbocycles. The molecule has 0 saturated carbocycles. The number of methoxy groups -OCH3 is 3. The highest BCUT2D eigenvalue weighted by Gasteiger charge is 2.36. The summed E-state index contributed by atoms with van der Waals surface area (Å²) < 4.78 is 44.0. The number of esters is 2. The van der Waals surface area contributed by atoms with Crippen molar-refractivity contribution in [1.29, 1.82) is 0 Å². The van der Waals surface area contributed by atoms with E-state index in [9.17, 15) is 14.4 Å². The van der Waals surface area contributed by atoms with Gasteiger partial charge in [0.1, 0.15) is 13.2 Å². The maximum absolute atomic E-state index is 12.9. The first-order valence-corrected chi connectivity index (χ1v) is 11.5. The Morgan fingerprint density at radius 2 is 1.49 bits per heavy atom. The van der Waals surface area contributed by atoms with Gasteiger partial charge in [0.25, 0.3) is 0 Å².